The van der Waals surface area contributed by atoms with Crippen LogP contribution in [0, 0.1) is 0 Å². The van der Waals surface area contributed by atoms with Crippen molar-refractivity contribution in [2.75, 3.05) is 18.1 Å². The van der Waals surface area contributed by atoms with E-state index in [-0.39, 0.29) is 24.3 Å². The Morgan fingerprint density at radius 2 is 1.55 bits per heavy atom. The van der Waals surface area contributed by atoms with Gasteiger partial charge in [0.1, 0.15) is 12.2 Å². The zero-order valence-electron chi connectivity index (χ0n) is 29.7. The van der Waals surface area contributed by atoms with Gasteiger partial charge >= 0.3 is 18.4 Å². The maximum absolute atomic E-state index is 14.1. The monoisotopic (exact) mass is 757 g/mol. The number of hydrogen-bond acceptors (Lipinski definition) is 8. The van der Waals surface area contributed by atoms with Crippen LogP contribution < -0.4 is 16.0 Å². The number of anilines is 1. The minimum Gasteiger partial charge on any atom is -0.445 e. The van der Waals surface area contributed by atoms with E-state index in [1.807, 2.05) is 30.3 Å². The molecule has 3 aromatic rings. The molecule has 2 atom stereocenters. The highest BCUT2D eigenvalue weighted by Crippen LogP contribution is 2.33. The maximum Gasteiger partial charge on any atom is 0.416 e. The number of benzene rings is 3. The molecule has 0 bridgehead atoms. The number of halogens is 3. The average Bonchev–Trinajstić information content (AvgIpc) is 3.11. The van der Waals surface area contributed by atoms with E-state index < -0.39 is 71.4 Å². The Hall–Kier alpha value is -5.25. The molecule has 0 aliphatic heterocycles. The second-order valence-corrected chi connectivity index (χ2v) is 13.9. The summed E-state index contributed by atoms with van der Waals surface area (Å²) in [5.74, 6) is -2.37. The van der Waals surface area contributed by atoms with Gasteiger partial charge in [0.25, 0.3) is 17.7 Å². The zero-order chi connectivity index (χ0) is 38.8. The second kappa shape index (κ2) is 18.0. The number of rotatable bonds is 10. The molecule has 53 heavy (non-hydrogen) atoms. The topological polar surface area (TPSA) is 146 Å². The first kappa shape index (κ1) is 40.5. The van der Waals surface area contributed by atoms with Crippen molar-refractivity contribution in [3.63, 3.8) is 0 Å². The van der Waals surface area contributed by atoms with Crippen molar-refractivity contribution >= 4 is 47.5 Å². The first-order valence-corrected chi connectivity index (χ1v) is 18.0. The summed E-state index contributed by atoms with van der Waals surface area (Å²) in [6.07, 6.45) is -3.07. The molecule has 16 heteroatoms. The van der Waals surface area contributed by atoms with Gasteiger partial charge in [0.2, 0.25) is 0 Å². The summed E-state index contributed by atoms with van der Waals surface area (Å²) in [5, 5.41) is 8.73. The van der Waals surface area contributed by atoms with E-state index >= 15 is 0 Å². The van der Waals surface area contributed by atoms with Gasteiger partial charge in [-0.3, -0.25) is 19.7 Å². The molecule has 1 fully saturated rings. The van der Waals surface area contributed by atoms with Gasteiger partial charge in [0, 0.05) is 17.9 Å². The molecular weight excluding hydrogens is 715 g/mol. The molecule has 0 radical (unpaired) electrons. The van der Waals surface area contributed by atoms with Crippen LogP contribution in [0.4, 0.5) is 28.4 Å². The number of hydrogen-bond donors (Lipinski definition) is 3. The molecule has 5 amide bonds. The molecule has 4 rings (SSSR count). The Morgan fingerprint density at radius 1 is 0.887 bits per heavy atom. The summed E-state index contributed by atoms with van der Waals surface area (Å²) in [5.41, 5.74) is -1.86. The van der Waals surface area contributed by atoms with Crippen molar-refractivity contribution in [1.29, 1.82) is 0 Å². The number of alkyl carbamates (subject to hydrolysis) is 1. The van der Waals surface area contributed by atoms with Crippen LogP contribution in [0.25, 0.3) is 0 Å². The summed E-state index contributed by atoms with van der Waals surface area (Å²) in [6, 6.07) is 18.5. The van der Waals surface area contributed by atoms with Crippen LogP contribution in [0.2, 0.25) is 0 Å². The minimum absolute atomic E-state index is 0.0554. The Balaban J connectivity index is 1.56. The summed E-state index contributed by atoms with van der Waals surface area (Å²) >= 11 is 0.951. The zero-order valence-corrected chi connectivity index (χ0v) is 30.5. The molecule has 0 aromatic heterocycles. The van der Waals surface area contributed by atoms with E-state index in [4.69, 9.17) is 9.47 Å². The fraction of sp³-hybridized carbons (Fsp3) is 0.378. The van der Waals surface area contributed by atoms with Gasteiger partial charge in [-0.05, 0) is 94.3 Å². The van der Waals surface area contributed by atoms with E-state index in [1.54, 1.807) is 57.4 Å². The molecular formula is C37H42F3N5O7S. The van der Waals surface area contributed by atoms with Crippen molar-refractivity contribution < 1.29 is 46.6 Å². The lowest BCUT2D eigenvalue weighted by molar-refractivity contribution is -0.142. The molecule has 284 valence electrons. The highest BCUT2D eigenvalue weighted by atomic mass is 32.2. The summed E-state index contributed by atoms with van der Waals surface area (Å²) in [6.45, 7) is 4.10. The molecule has 12 nitrogen and oxygen atoms in total. The summed E-state index contributed by atoms with van der Waals surface area (Å²) in [4.78, 5) is 66.5. The van der Waals surface area contributed by atoms with Crippen molar-refractivity contribution in [1.82, 2.24) is 20.1 Å². The molecule has 2 unspecified atom stereocenters. The van der Waals surface area contributed by atoms with Crippen LogP contribution in [0.1, 0.15) is 78.3 Å². The number of ether oxygens (including phenoxy) is 2. The predicted octanol–water partition coefficient (Wildman–Crippen LogP) is 7.18. The Labute approximate surface area is 309 Å². The highest BCUT2D eigenvalue weighted by Gasteiger charge is 2.37. The number of hydrazine groups is 1. The lowest BCUT2D eigenvalue weighted by Crippen LogP contribution is -2.56. The molecule has 1 saturated carbocycles. The third-order valence-corrected chi connectivity index (χ3v) is 8.66. The SMILES string of the molecule is CSN(C(=O)c1ccccc1)N(C(=O)CNC(=O)c1cc(C(F)(F)F)ccc1NC(=O)OC(C)(C)C)C1CCCC(NC(=O)OCc2ccccc2)C1. The third kappa shape index (κ3) is 11.9. The van der Waals surface area contributed by atoms with Gasteiger partial charge in [0.15, 0.2) is 0 Å². The van der Waals surface area contributed by atoms with Gasteiger partial charge in [-0.2, -0.15) is 17.6 Å². The molecule has 1 aliphatic carbocycles. The summed E-state index contributed by atoms with van der Waals surface area (Å²) < 4.78 is 52.8. The fourth-order valence-corrected chi connectivity index (χ4v) is 6.30. The Bertz CT molecular complexity index is 1760. The van der Waals surface area contributed by atoms with E-state index in [0.29, 0.717) is 31.4 Å². The minimum atomic E-state index is -4.82. The smallest absolute Gasteiger partial charge is 0.416 e. The van der Waals surface area contributed by atoms with Crippen molar-refractivity contribution in [2.24, 2.45) is 0 Å². The third-order valence-electron chi connectivity index (χ3n) is 7.97. The number of carbonyl (C=O) groups is 5. The molecule has 0 saturated heterocycles. The standard InChI is InChI=1S/C37H42F3N5O7S/c1-36(2,3)52-35(50)43-30-19-18-26(37(38,39)40)20-29(30)32(47)41-22-31(46)44(45(53-4)33(48)25-14-9-6-10-15-25)28-17-11-16-27(21-28)42-34(49)51-23-24-12-7-5-8-13-24/h5-10,12-15,18-20,27-28H,11,16-17,21-23H2,1-4H3,(H,41,47)(H,42,49)(H,43,50). The number of nitrogens with one attached hydrogen (secondary N) is 3. The molecule has 0 heterocycles. The maximum atomic E-state index is 14.1. The number of carbonyl (C=O) groups excluding carboxylic acids is 5. The number of alkyl halides is 3. The Morgan fingerprint density at radius 3 is 2.17 bits per heavy atom. The quantitative estimate of drug-likeness (QED) is 0.146. The lowest BCUT2D eigenvalue weighted by Gasteiger charge is -2.42. The number of amides is 5. The average molecular weight is 758 g/mol. The van der Waals surface area contributed by atoms with Crippen molar-refractivity contribution in [2.45, 2.75) is 76.9 Å². The van der Waals surface area contributed by atoms with Gasteiger partial charge < -0.3 is 20.1 Å². The highest BCUT2D eigenvalue weighted by molar-refractivity contribution is 7.96. The van der Waals surface area contributed by atoms with Crippen LogP contribution in [0.3, 0.4) is 0 Å². The van der Waals surface area contributed by atoms with Crippen LogP contribution in [-0.4, -0.2) is 69.8 Å². The van der Waals surface area contributed by atoms with Gasteiger partial charge in [-0.25, -0.2) is 14.6 Å². The second-order valence-electron chi connectivity index (χ2n) is 13.2. The lowest BCUT2D eigenvalue weighted by atomic mass is 9.90. The van der Waals surface area contributed by atoms with Crippen LogP contribution >= 0.6 is 11.9 Å². The first-order chi connectivity index (χ1) is 25.1. The summed E-state index contributed by atoms with van der Waals surface area (Å²) in [7, 11) is 0. The fourth-order valence-electron chi connectivity index (χ4n) is 5.62. The van der Waals surface area contributed by atoms with Gasteiger partial charge in [-0.1, -0.05) is 48.5 Å². The van der Waals surface area contributed by atoms with Crippen LogP contribution in [0.5, 0.6) is 0 Å². The molecule has 3 N–H and O–H groups in total. The molecule has 3 aromatic carbocycles. The van der Waals surface area contributed by atoms with Gasteiger partial charge in [-0.15, -0.1) is 0 Å². The first-order valence-electron chi connectivity index (χ1n) is 16.8. The van der Waals surface area contributed by atoms with Crippen molar-refractivity contribution in [3.05, 3.63) is 101 Å². The van der Waals surface area contributed by atoms with E-state index in [2.05, 4.69) is 16.0 Å². The van der Waals surface area contributed by atoms with E-state index in [1.165, 1.54) is 9.42 Å². The van der Waals surface area contributed by atoms with E-state index in [0.717, 1.165) is 23.6 Å². The van der Waals surface area contributed by atoms with E-state index in [9.17, 15) is 37.1 Å². The Kier molecular flexibility index (Phi) is 13.8. The van der Waals surface area contributed by atoms with Crippen molar-refractivity contribution in [3.8, 4) is 0 Å². The van der Waals surface area contributed by atoms with Gasteiger partial charge in [0.05, 0.1) is 29.4 Å². The largest absolute Gasteiger partial charge is 0.445 e. The van der Waals surface area contributed by atoms with Crippen LogP contribution in [0.15, 0.2) is 78.9 Å². The molecule has 0 spiro atoms. The number of nitrogens with zero attached hydrogens (tertiary/aromatic N) is 2. The molecule has 1 aliphatic rings. The predicted molar refractivity (Wildman–Crippen MR) is 192 cm³/mol. The normalized spacial score (nSPS) is 15.8. The van der Waals surface area contributed by atoms with Crippen LogP contribution in [-0.2, 0) is 27.1 Å².